The van der Waals surface area contributed by atoms with Gasteiger partial charge in [-0.25, -0.2) is 4.98 Å². The Bertz CT molecular complexity index is 1180. The summed E-state index contributed by atoms with van der Waals surface area (Å²) in [6.07, 6.45) is 5.13. The van der Waals surface area contributed by atoms with E-state index in [2.05, 4.69) is 65.2 Å². The monoisotopic (exact) mass is 450 g/mol. The maximum atomic E-state index is 11.5. The lowest BCUT2D eigenvalue weighted by molar-refractivity contribution is -0.143. The Hall–Kier alpha value is -3.03. The van der Waals surface area contributed by atoms with E-state index in [1.807, 2.05) is 6.07 Å². The molecule has 1 atom stereocenters. The predicted octanol–water partition coefficient (Wildman–Crippen LogP) is 5.36. The summed E-state index contributed by atoms with van der Waals surface area (Å²) < 4.78 is 2.29. The van der Waals surface area contributed by atoms with Crippen LogP contribution >= 0.6 is 0 Å². The molecule has 5 rings (SSSR count). The number of carboxylic acid groups (broad SMARTS) is 1. The van der Waals surface area contributed by atoms with Crippen molar-refractivity contribution in [2.24, 2.45) is 5.92 Å². The zero-order valence-electron chi connectivity index (χ0n) is 19.9. The molecule has 1 saturated carbocycles. The van der Waals surface area contributed by atoms with Crippen LogP contribution in [0.2, 0.25) is 0 Å². The average Bonchev–Trinajstić information content (AvgIpc) is 3.38. The molecule has 1 aliphatic carbocycles. The second-order valence-electron chi connectivity index (χ2n) is 10.7. The zero-order chi connectivity index (χ0) is 23.3. The first kappa shape index (κ1) is 21.8. The van der Waals surface area contributed by atoms with Gasteiger partial charge >= 0.3 is 5.97 Å². The van der Waals surface area contributed by atoms with Crippen LogP contribution in [0.3, 0.4) is 0 Å². The Kier molecular flexibility index (Phi) is 5.34. The van der Waals surface area contributed by atoms with Gasteiger partial charge in [0.25, 0.3) is 0 Å². The fraction of sp³-hybridized carbons (Fsp3) is 0.560. The summed E-state index contributed by atoms with van der Waals surface area (Å²) >= 11 is 0. The van der Waals surface area contributed by atoms with Crippen molar-refractivity contribution in [2.75, 3.05) is 10.6 Å². The number of carbonyl (C=O) groups is 1. The van der Waals surface area contributed by atoms with E-state index in [9.17, 15) is 9.90 Å². The summed E-state index contributed by atoms with van der Waals surface area (Å²) in [5, 5.41) is 24.2. The molecule has 4 N–H and O–H groups in total. The Morgan fingerprint density at radius 3 is 2.61 bits per heavy atom. The quantitative estimate of drug-likeness (QED) is 0.426. The van der Waals surface area contributed by atoms with Crippen LogP contribution in [0.25, 0.3) is 11.0 Å². The first-order valence-electron chi connectivity index (χ1n) is 12.1. The normalized spacial score (nSPS) is 23.2. The zero-order valence-corrected chi connectivity index (χ0v) is 19.9. The third-order valence-electron chi connectivity index (χ3n) is 7.23. The first-order chi connectivity index (χ1) is 15.7. The molecular weight excluding hydrogens is 416 g/mol. The Balaban J connectivity index is 1.55. The summed E-state index contributed by atoms with van der Waals surface area (Å²) in [4.78, 5) is 16.6. The number of hydrogen-bond acceptors (Lipinski definition) is 5. The van der Waals surface area contributed by atoms with Crippen LogP contribution in [0.5, 0.6) is 0 Å². The van der Waals surface area contributed by atoms with E-state index in [1.54, 1.807) is 0 Å². The molecule has 1 fully saturated rings. The molecule has 0 radical (unpaired) electrons. The van der Waals surface area contributed by atoms with Gasteiger partial charge in [0.05, 0.1) is 17.0 Å². The average molecular weight is 451 g/mol. The topological polar surface area (TPSA) is 108 Å². The largest absolute Gasteiger partial charge is 0.481 e. The molecule has 2 aliphatic rings. The molecule has 8 heteroatoms. The minimum atomic E-state index is -0.678. The van der Waals surface area contributed by atoms with Crippen molar-refractivity contribution in [3.8, 4) is 0 Å². The van der Waals surface area contributed by atoms with E-state index in [-0.39, 0.29) is 17.4 Å². The summed E-state index contributed by atoms with van der Waals surface area (Å²) in [5.74, 6) is 0.605. The van der Waals surface area contributed by atoms with Gasteiger partial charge in [0.15, 0.2) is 5.82 Å². The molecule has 0 spiro atoms. The molecule has 2 aromatic heterocycles. The van der Waals surface area contributed by atoms with Crippen molar-refractivity contribution in [1.29, 1.82) is 0 Å². The number of aromatic amines is 1. The molecule has 1 aromatic carbocycles. The number of aromatic nitrogens is 4. The number of hydrogen-bond donors (Lipinski definition) is 4. The number of fused-ring (bicyclic) bond motifs is 3. The van der Waals surface area contributed by atoms with Gasteiger partial charge in [-0.2, -0.15) is 5.10 Å². The number of aryl methyl sites for hydroxylation is 1. The van der Waals surface area contributed by atoms with Crippen molar-refractivity contribution in [2.45, 2.75) is 83.7 Å². The van der Waals surface area contributed by atoms with Crippen molar-refractivity contribution in [1.82, 2.24) is 19.7 Å². The van der Waals surface area contributed by atoms with Crippen LogP contribution in [-0.2, 0) is 16.6 Å². The molecule has 0 saturated heterocycles. The molecule has 0 amide bonds. The molecule has 0 unspecified atom stereocenters. The van der Waals surface area contributed by atoms with Gasteiger partial charge in [0.1, 0.15) is 0 Å². The Labute approximate surface area is 194 Å². The number of H-pyrrole nitrogens is 1. The van der Waals surface area contributed by atoms with Crippen molar-refractivity contribution >= 4 is 34.5 Å². The van der Waals surface area contributed by atoms with Gasteiger partial charge in [-0.3, -0.25) is 9.89 Å². The highest BCUT2D eigenvalue weighted by atomic mass is 16.4. The van der Waals surface area contributed by atoms with Gasteiger partial charge in [0, 0.05) is 40.5 Å². The minimum Gasteiger partial charge on any atom is -0.481 e. The molecule has 8 nitrogen and oxygen atoms in total. The molecule has 1 aliphatic heterocycles. The number of nitrogens with zero attached hydrogens (tertiary/aromatic N) is 3. The summed E-state index contributed by atoms with van der Waals surface area (Å²) in [5.41, 5.74) is 5.61. The van der Waals surface area contributed by atoms with Crippen LogP contribution in [-0.4, -0.2) is 36.9 Å². The van der Waals surface area contributed by atoms with Gasteiger partial charge < -0.3 is 20.3 Å². The van der Waals surface area contributed by atoms with Crippen LogP contribution in [0, 0.1) is 5.92 Å². The Morgan fingerprint density at radius 2 is 1.94 bits per heavy atom. The molecule has 3 heterocycles. The smallest absolute Gasteiger partial charge is 0.306 e. The molecular formula is C25H34N6O2. The molecule has 33 heavy (non-hydrogen) atoms. The number of anilines is 3. The number of nitrogens with one attached hydrogen (secondary N) is 3. The first-order valence-corrected chi connectivity index (χ1v) is 12.1. The van der Waals surface area contributed by atoms with Crippen LogP contribution in [0.15, 0.2) is 18.2 Å². The highest BCUT2D eigenvalue weighted by molar-refractivity contribution is 5.88. The van der Waals surface area contributed by atoms with Gasteiger partial charge in [-0.05, 0) is 57.6 Å². The van der Waals surface area contributed by atoms with E-state index < -0.39 is 5.97 Å². The molecule has 0 bridgehead atoms. The molecule has 3 aromatic rings. The van der Waals surface area contributed by atoms with E-state index in [4.69, 9.17) is 4.98 Å². The van der Waals surface area contributed by atoms with Crippen molar-refractivity contribution in [3.63, 3.8) is 0 Å². The number of imidazole rings is 1. The third-order valence-corrected chi connectivity index (χ3v) is 7.23. The van der Waals surface area contributed by atoms with Gasteiger partial charge in [-0.15, -0.1) is 0 Å². The second kappa shape index (κ2) is 8.08. The predicted molar refractivity (Wildman–Crippen MR) is 130 cm³/mol. The van der Waals surface area contributed by atoms with Crippen molar-refractivity contribution in [3.05, 3.63) is 29.5 Å². The van der Waals surface area contributed by atoms with E-state index in [1.165, 1.54) is 11.3 Å². The molecule has 176 valence electrons. The third kappa shape index (κ3) is 4.07. The standard InChI is InChI=1S/C25H34N6O2/c1-14-5-10-17-18(26-14)11-12-19-22(17)28-24(27-21-13-20(29-30-21)25(2,3)4)31(19)16-8-6-15(7-9-16)23(32)33/h11-16,26H,5-10H2,1-4H3,(H,32,33)(H2,27,28,29,30)/t14-,15?,16?/m0/s1. The maximum absolute atomic E-state index is 11.5. The summed E-state index contributed by atoms with van der Waals surface area (Å²) in [6, 6.07) is 7.04. The fourth-order valence-corrected chi connectivity index (χ4v) is 5.23. The van der Waals surface area contributed by atoms with E-state index in [0.29, 0.717) is 18.9 Å². The van der Waals surface area contributed by atoms with E-state index >= 15 is 0 Å². The SMILES string of the molecule is C[C@H]1CCc2c(ccc3c2nc(Nc2cc(C(C)(C)C)[nH]n2)n3C2CCC(C(=O)O)CC2)N1. The number of benzene rings is 1. The summed E-state index contributed by atoms with van der Waals surface area (Å²) in [6.45, 7) is 8.67. The lowest BCUT2D eigenvalue weighted by Crippen LogP contribution is -2.24. The van der Waals surface area contributed by atoms with Crippen molar-refractivity contribution < 1.29 is 9.90 Å². The van der Waals surface area contributed by atoms with E-state index in [0.717, 1.165) is 54.2 Å². The number of aliphatic carboxylic acids is 1. The fourth-order valence-electron chi connectivity index (χ4n) is 5.23. The van der Waals surface area contributed by atoms with Crippen LogP contribution in [0.1, 0.15) is 77.1 Å². The lowest BCUT2D eigenvalue weighted by Gasteiger charge is -2.29. The maximum Gasteiger partial charge on any atom is 0.306 e. The second-order valence-corrected chi connectivity index (χ2v) is 10.7. The van der Waals surface area contributed by atoms with Crippen LogP contribution in [0.4, 0.5) is 17.5 Å². The van der Waals surface area contributed by atoms with Crippen LogP contribution < -0.4 is 10.6 Å². The van der Waals surface area contributed by atoms with Gasteiger partial charge in [-0.1, -0.05) is 20.8 Å². The Morgan fingerprint density at radius 1 is 1.18 bits per heavy atom. The number of rotatable bonds is 4. The minimum absolute atomic E-state index is 0.0241. The lowest BCUT2D eigenvalue weighted by atomic mass is 9.86. The summed E-state index contributed by atoms with van der Waals surface area (Å²) in [7, 11) is 0. The highest BCUT2D eigenvalue weighted by Gasteiger charge is 2.30. The van der Waals surface area contributed by atoms with Gasteiger partial charge in [0.2, 0.25) is 5.95 Å². The number of carboxylic acids is 1. The highest BCUT2D eigenvalue weighted by Crippen LogP contribution is 2.40.